The van der Waals surface area contributed by atoms with Gasteiger partial charge < -0.3 is 15.5 Å². The largest absolute Gasteiger partial charge is 0.347 e. The second-order valence-corrected chi connectivity index (χ2v) is 5.94. The first-order chi connectivity index (χ1) is 10.7. The van der Waals surface area contributed by atoms with Gasteiger partial charge in [0.05, 0.1) is 6.54 Å². The summed E-state index contributed by atoms with van der Waals surface area (Å²) in [4.78, 5) is 47.5. The van der Waals surface area contributed by atoms with Gasteiger partial charge in [-0.05, 0) is 17.7 Å². The molecule has 0 spiro atoms. The Morgan fingerprint density at radius 2 is 1.70 bits per heavy atom. The quantitative estimate of drug-likeness (QED) is 0.695. The average molecular weight is 384 g/mol. The number of nitrogens with one attached hydrogen (secondary N) is 2. The summed E-state index contributed by atoms with van der Waals surface area (Å²) in [5, 5.41) is 4.74. The molecule has 1 rings (SSSR count). The summed E-state index contributed by atoms with van der Waals surface area (Å²) in [6, 6.07) is 6.07. The molecule has 0 aliphatic heterocycles. The van der Waals surface area contributed by atoms with E-state index in [1.165, 1.54) is 4.90 Å². The number of likely N-dealkylation sites (N-methyl/N-ethyl adjacent to an activating group) is 1. The molecule has 0 saturated heterocycles. The molecule has 1 aromatic rings. The van der Waals surface area contributed by atoms with E-state index in [9.17, 15) is 19.2 Å². The Morgan fingerprint density at radius 1 is 1.13 bits per heavy atom. The van der Waals surface area contributed by atoms with Crippen LogP contribution in [0.15, 0.2) is 28.7 Å². The van der Waals surface area contributed by atoms with Gasteiger partial charge >= 0.3 is 0 Å². The highest BCUT2D eigenvalue weighted by Crippen LogP contribution is 2.18. The SMILES string of the molecule is CC(=O)C(=O)NCC(=O)N[C@H](C(=O)N(C)C)c1ccc(Br)cc1. The van der Waals surface area contributed by atoms with Gasteiger partial charge in [0, 0.05) is 25.5 Å². The van der Waals surface area contributed by atoms with Crippen LogP contribution in [0.25, 0.3) is 0 Å². The van der Waals surface area contributed by atoms with Gasteiger partial charge in [-0.25, -0.2) is 0 Å². The van der Waals surface area contributed by atoms with Gasteiger partial charge in [0.2, 0.25) is 17.6 Å². The van der Waals surface area contributed by atoms with Gasteiger partial charge in [-0.2, -0.15) is 0 Å². The van der Waals surface area contributed by atoms with Crippen LogP contribution in [0.5, 0.6) is 0 Å². The van der Waals surface area contributed by atoms with Crippen molar-refractivity contribution in [2.75, 3.05) is 20.6 Å². The van der Waals surface area contributed by atoms with E-state index in [0.717, 1.165) is 11.4 Å². The molecule has 8 heteroatoms. The van der Waals surface area contributed by atoms with Crippen LogP contribution in [0.1, 0.15) is 18.5 Å². The summed E-state index contributed by atoms with van der Waals surface area (Å²) in [6.45, 7) is 0.722. The highest BCUT2D eigenvalue weighted by atomic mass is 79.9. The number of carbonyl (C=O) groups is 4. The van der Waals surface area contributed by atoms with E-state index in [2.05, 4.69) is 26.6 Å². The van der Waals surface area contributed by atoms with Crippen LogP contribution >= 0.6 is 15.9 Å². The Bertz CT molecular complexity index is 614. The van der Waals surface area contributed by atoms with Crippen molar-refractivity contribution in [3.8, 4) is 0 Å². The lowest BCUT2D eigenvalue weighted by atomic mass is 10.1. The lowest BCUT2D eigenvalue weighted by Gasteiger charge is -2.22. The van der Waals surface area contributed by atoms with Gasteiger partial charge in [-0.1, -0.05) is 28.1 Å². The topological polar surface area (TPSA) is 95.6 Å². The Kier molecular flexibility index (Phi) is 6.89. The fourth-order valence-electron chi connectivity index (χ4n) is 1.70. The third-order valence-electron chi connectivity index (χ3n) is 2.93. The molecule has 0 aromatic heterocycles. The van der Waals surface area contributed by atoms with E-state index in [1.807, 2.05) is 0 Å². The number of Topliss-reactive ketones (excluding diaryl/α,β-unsaturated/α-hetero) is 1. The summed E-state index contributed by atoms with van der Waals surface area (Å²) in [7, 11) is 3.16. The second-order valence-electron chi connectivity index (χ2n) is 5.02. The van der Waals surface area contributed by atoms with Crippen LogP contribution in [0.2, 0.25) is 0 Å². The van der Waals surface area contributed by atoms with E-state index < -0.39 is 23.6 Å². The maximum Gasteiger partial charge on any atom is 0.287 e. The number of amides is 3. The zero-order valence-electron chi connectivity index (χ0n) is 13.1. The zero-order valence-corrected chi connectivity index (χ0v) is 14.6. The Balaban J connectivity index is 2.83. The second kappa shape index (κ2) is 8.42. The Labute approximate surface area is 142 Å². The van der Waals surface area contributed by atoms with Crippen LogP contribution in [0.3, 0.4) is 0 Å². The summed E-state index contributed by atoms with van der Waals surface area (Å²) >= 11 is 3.30. The molecular weight excluding hydrogens is 366 g/mol. The fourth-order valence-corrected chi connectivity index (χ4v) is 1.96. The van der Waals surface area contributed by atoms with E-state index in [1.54, 1.807) is 38.4 Å². The Morgan fingerprint density at radius 3 is 2.17 bits per heavy atom. The van der Waals surface area contributed by atoms with Crippen molar-refractivity contribution in [3.05, 3.63) is 34.3 Å². The number of halogens is 1. The molecular formula is C15H18BrN3O4. The van der Waals surface area contributed by atoms with Crippen LogP contribution in [-0.2, 0) is 19.2 Å². The van der Waals surface area contributed by atoms with Crippen molar-refractivity contribution in [2.45, 2.75) is 13.0 Å². The van der Waals surface area contributed by atoms with Gasteiger partial charge in [0.1, 0.15) is 6.04 Å². The Hall–Kier alpha value is -2.22. The van der Waals surface area contributed by atoms with Crippen LogP contribution in [-0.4, -0.2) is 49.0 Å². The lowest BCUT2D eigenvalue weighted by Crippen LogP contribution is -2.44. The zero-order chi connectivity index (χ0) is 17.6. The summed E-state index contributed by atoms with van der Waals surface area (Å²) < 4.78 is 0.845. The molecule has 1 aromatic carbocycles. The minimum atomic E-state index is -0.875. The first kappa shape index (κ1) is 18.8. The molecule has 0 heterocycles. The van der Waals surface area contributed by atoms with Gasteiger partial charge in [0.15, 0.2) is 0 Å². The van der Waals surface area contributed by atoms with Crippen molar-refractivity contribution >= 4 is 39.4 Å². The molecule has 7 nitrogen and oxygen atoms in total. The smallest absolute Gasteiger partial charge is 0.287 e. The van der Waals surface area contributed by atoms with Gasteiger partial charge in [-0.15, -0.1) is 0 Å². The van der Waals surface area contributed by atoms with Crippen LogP contribution < -0.4 is 10.6 Å². The molecule has 23 heavy (non-hydrogen) atoms. The van der Waals surface area contributed by atoms with Crippen LogP contribution in [0, 0.1) is 0 Å². The lowest BCUT2D eigenvalue weighted by molar-refractivity contribution is -0.138. The molecule has 124 valence electrons. The van der Waals surface area contributed by atoms with Crippen LogP contribution in [0.4, 0.5) is 0 Å². The monoisotopic (exact) mass is 383 g/mol. The molecule has 2 N–H and O–H groups in total. The molecule has 0 bridgehead atoms. The molecule has 3 amide bonds. The van der Waals surface area contributed by atoms with Crippen molar-refractivity contribution in [3.63, 3.8) is 0 Å². The maximum atomic E-state index is 12.3. The number of benzene rings is 1. The number of carbonyl (C=O) groups excluding carboxylic acids is 4. The molecule has 0 aliphatic carbocycles. The minimum absolute atomic E-state index is 0.307. The number of rotatable bonds is 6. The van der Waals surface area contributed by atoms with Gasteiger partial charge in [-0.3, -0.25) is 19.2 Å². The first-order valence-electron chi connectivity index (χ1n) is 6.77. The summed E-state index contributed by atoms with van der Waals surface area (Å²) in [6.07, 6.45) is 0. The standard InChI is InChI=1S/C15H18BrN3O4/c1-9(20)14(22)17-8-12(21)18-13(15(23)19(2)3)10-4-6-11(16)7-5-10/h4-7,13H,8H2,1-3H3,(H,17,22)(H,18,21)/t13-/m0/s1. The number of nitrogens with zero attached hydrogens (tertiary/aromatic N) is 1. The van der Waals surface area contributed by atoms with E-state index >= 15 is 0 Å². The number of ketones is 1. The van der Waals surface area contributed by atoms with E-state index in [4.69, 9.17) is 0 Å². The van der Waals surface area contributed by atoms with Crippen molar-refractivity contribution in [2.24, 2.45) is 0 Å². The first-order valence-corrected chi connectivity index (χ1v) is 7.56. The molecule has 0 unspecified atom stereocenters. The highest BCUT2D eigenvalue weighted by Gasteiger charge is 2.24. The third kappa shape index (κ3) is 5.82. The van der Waals surface area contributed by atoms with Gasteiger partial charge in [0.25, 0.3) is 5.91 Å². The summed E-state index contributed by atoms with van der Waals surface area (Å²) in [5.41, 5.74) is 0.609. The molecule has 0 saturated carbocycles. The number of hydrogen-bond donors (Lipinski definition) is 2. The predicted octanol–water partition coefficient (Wildman–Crippen LogP) is 0.400. The normalized spacial score (nSPS) is 11.3. The molecule has 0 fully saturated rings. The van der Waals surface area contributed by atoms with Crippen molar-refractivity contribution < 1.29 is 19.2 Å². The fraction of sp³-hybridized carbons (Fsp3) is 0.333. The molecule has 1 atom stereocenters. The van der Waals surface area contributed by atoms with E-state index in [0.29, 0.717) is 5.56 Å². The average Bonchev–Trinajstić information content (AvgIpc) is 2.50. The molecule has 0 radical (unpaired) electrons. The predicted molar refractivity (Wildman–Crippen MR) is 87.4 cm³/mol. The molecule has 0 aliphatic rings. The summed E-state index contributed by atoms with van der Waals surface area (Å²) in [5.74, 6) is -2.41. The van der Waals surface area contributed by atoms with E-state index in [-0.39, 0.29) is 12.5 Å². The highest BCUT2D eigenvalue weighted by molar-refractivity contribution is 9.10. The minimum Gasteiger partial charge on any atom is -0.347 e. The number of hydrogen-bond acceptors (Lipinski definition) is 4. The third-order valence-corrected chi connectivity index (χ3v) is 3.45. The van der Waals surface area contributed by atoms with Crippen molar-refractivity contribution in [1.29, 1.82) is 0 Å². The maximum absolute atomic E-state index is 12.3. The van der Waals surface area contributed by atoms with Crippen molar-refractivity contribution in [1.82, 2.24) is 15.5 Å².